The van der Waals surface area contributed by atoms with Crippen LogP contribution in [0.4, 0.5) is 0 Å². The molecule has 416 valence electrons. The van der Waals surface area contributed by atoms with Crippen LogP contribution in [-0.2, 0) is 28.6 Å². The van der Waals surface area contributed by atoms with Crippen molar-refractivity contribution in [1.29, 1.82) is 0 Å². The van der Waals surface area contributed by atoms with Gasteiger partial charge in [0.05, 0.1) is 0 Å². The highest BCUT2D eigenvalue weighted by molar-refractivity contribution is 5.71. The zero-order chi connectivity index (χ0) is 52.9. The summed E-state index contributed by atoms with van der Waals surface area (Å²) >= 11 is 0. The van der Waals surface area contributed by atoms with Crippen molar-refractivity contribution in [3.63, 3.8) is 0 Å². The monoisotopic (exact) mass is 1010 g/mol. The normalized spacial score (nSPS) is 12.9. The predicted octanol–water partition coefficient (Wildman–Crippen LogP) is 20.7. The Morgan fingerprint density at radius 2 is 0.521 bits per heavy atom. The highest BCUT2D eigenvalue weighted by Gasteiger charge is 2.19. The van der Waals surface area contributed by atoms with E-state index in [-0.39, 0.29) is 44.0 Å². The van der Waals surface area contributed by atoms with Gasteiger partial charge in [-0.3, -0.25) is 14.4 Å². The van der Waals surface area contributed by atoms with Crippen LogP contribution >= 0.6 is 0 Å². The number of hydrogen-bond acceptors (Lipinski definition) is 6. The number of ether oxygens (including phenoxy) is 3. The Balaban J connectivity index is 4.55. The molecule has 0 saturated heterocycles. The summed E-state index contributed by atoms with van der Waals surface area (Å²) in [6.07, 6.45) is 82.3. The summed E-state index contributed by atoms with van der Waals surface area (Å²) in [6, 6.07) is 0. The van der Waals surface area contributed by atoms with Crippen molar-refractivity contribution in [2.24, 2.45) is 0 Å². The minimum Gasteiger partial charge on any atom is -0.462 e. The second-order valence-electron chi connectivity index (χ2n) is 19.9. The Bertz CT molecular complexity index is 1490. The van der Waals surface area contributed by atoms with Crippen LogP contribution < -0.4 is 0 Å². The van der Waals surface area contributed by atoms with Gasteiger partial charge < -0.3 is 14.2 Å². The minimum absolute atomic E-state index is 0.113. The highest BCUT2D eigenvalue weighted by Crippen LogP contribution is 2.15. The van der Waals surface area contributed by atoms with Gasteiger partial charge in [0.25, 0.3) is 0 Å². The van der Waals surface area contributed by atoms with E-state index in [9.17, 15) is 14.4 Å². The quantitative estimate of drug-likeness (QED) is 0.0261. The summed E-state index contributed by atoms with van der Waals surface area (Å²) < 4.78 is 16.8. The maximum absolute atomic E-state index is 12.9. The smallest absolute Gasteiger partial charge is 0.306 e. The van der Waals surface area contributed by atoms with Gasteiger partial charge in [-0.15, -0.1) is 0 Å². The van der Waals surface area contributed by atoms with E-state index in [0.29, 0.717) is 19.3 Å². The second-order valence-corrected chi connectivity index (χ2v) is 19.9. The first-order chi connectivity index (χ1) is 36.0. The number of rotatable bonds is 54. The van der Waals surface area contributed by atoms with Gasteiger partial charge in [-0.25, -0.2) is 0 Å². The zero-order valence-corrected chi connectivity index (χ0v) is 47.6. The molecule has 0 unspecified atom stereocenters. The standard InChI is InChI=1S/C67H112O6/c1-4-7-10-13-16-19-22-25-28-31-33-36-39-42-45-48-51-54-57-60-66(69)72-63-64(62-71-65(68)59-56-53-50-47-44-41-38-35-30-27-24-21-18-15-12-9-6-3)73-67(70)61-58-55-52-49-46-43-40-37-34-32-29-26-23-20-17-14-11-8-5-2/h16-17,19-20,25-26,28-29,33-34,36-37,42-43,45-46,51,54,64H,4-15,18,21-24,27,30-32,35,38-41,44,47-50,52-53,55-63H2,1-3H3/b19-16-,20-17-,28-25-,29-26-,36-33-,37-34-,45-42-,46-43-,54-51-/t64-/m0/s1. The lowest BCUT2D eigenvalue weighted by Crippen LogP contribution is -2.30. The lowest BCUT2D eigenvalue weighted by atomic mass is 10.0. The second kappa shape index (κ2) is 60.6. The first-order valence-corrected chi connectivity index (χ1v) is 30.4. The molecule has 0 aliphatic heterocycles. The molecule has 0 fully saturated rings. The number of carbonyl (C=O) groups excluding carboxylic acids is 3. The molecule has 6 nitrogen and oxygen atoms in total. The van der Waals surface area contributed by atoms with Crippen molar-refractivity contribution in [2.45, 2.75) is 284 Å². The molecule has 0 aliphatic rings. The van der Waals surface area contributed by atoms with Crippen molar-refractivity contribution in [2.75, 3.05) is 13.2 Å². The molecule has 6 heteroatoms. The van der Waals surface area contributed by atoms with Gasteiger partial charge in [-0.05, 0) is 103 Å². The Hall–Kier alpha value is -3.93. The Morgan fingerprint density at radius 1 is 0.274 bits per heavy atom. The maximum atomic E-state index is 12.9. The van der Waals surface area contributed by atoms with Gasteiger partial charge >= 0.3 is 17.9 Å². The van der Waals surface area contributed by atoms with Crippen LogP contribution in [-0.4, -0.2) is 37.2 Å². The van der Waals surface area contributed by atoms with Gasteiger partial charge in [0.2, 0.25) is 0 Å². The molecule has 0 aromatic rings. The Kier molecular flexibility index (Phi) is 57.4. The largest absolute Gasteiger partial charge is 0.462 e. The summed E-state index contributed by atoms with van der Waals surface area (Å²) in [7, 11) is 0. The summed E-state index contributed by atoms with van der Waals surface area (Å²) in [5.74, 6) is -1.03. The molecule has 0 aromatic carbocycles. The van der Waals surface area contributed by atoms with Gasteiger partial charge in [-0.2, -0.15) is 0 Å². The molecule has 0 heterocycles. The fourth-order valence-electron chi connectivity index (χ4n) is 8.17. The third-order valence-electron chi connectivity index (χ3n) is 12.8. The molecule has 0 aliphatic carbocycles. The fraction of sp³-hybridized carbons (Fsp3) is 0.687. The lowest BCUT2D eigenvalue weighted by Gasteiger charge is -2.18. The van der Waals surface area contributed by atoms with Crippen LogP contribution in [0.1, 0.15) is 278 Å². The SMILES string of the molecule is CCCCC/C=C\C/C=C\C/C=C\C/C=C\C/C=C\CCC(=O)OC[C@H](COC(=O)CCCCCCCCCCCCCCCCCCC)OC(=O)CCCCC/C=C\C/C=C\C/C=C\C/C=C\CCCCC. The van der Waals surface area contributed by atoms with Crippen molar-refractivity contribution in [3.8, 4) is 0 Å². The summed E-state index contributed by atoms with van der Waals surface area (Å²) in [5, 5.41) is 0. The molecule has 0 spiro atoms. The first-order valence-electron chi connectivity index (χ1n) is 30.4. The van der Waals surface area contributed by atoms with Gasteiger partial charge in [0, 0.05) is 19.3 Å². The Labute approximate surface area is 450 Å². The molecule has 0 amide bonds. The molecule has 0 aromatic heterocycles. The summed E-state index contributed by atoms with van der Waals surface area (Å²) in [6.45, 7) is 6.51. The van der Waals surface area contributed by atoms with E-state index in [1.54, 1.807) is 0 Å². The third-order valence-corrected chi connectivity index (χ3v) is 12.8. The summed E-state index contributed by atoms with van der Waals surface area (Å²) in [5.41, 5.74) is 0. The molecule has 1 atom stereocenters. The molecular weight excluding hydrogens is 901 g/mol. The van der Waals surface area contributed by atoms with Crippen molar-refractivity contribution in [1.82, 2.24) is 0 Å². The van der Waals surface area contributed by atoms with E-state index in [1.165, 1.54) is 141 Å². The van der Waals surface area contributed by atoms with Gasteiger partial charge in [0.15, 0.2) is 6.10 Å². The average Bonchev–Trinajstić information content (AvgIpc) is 3.39. The van der Waals surface area contributed by atoms with Crippen LogP contribution in [0.15, 0.2) is 109 Å². The number of allylic oxidation sites excluding steroid dienone is 18. The zero-order valence-electron chi connectivity index (χ0n) is 47.6. The van der Waals surface area contributed by atoms with Crippen LogP contribution in [0.25, 0.3) is 0 Å². The topological polar surface area (TPSA) is 78.9 Å². The summed E-state index contributed by atoms with van der Waals surface area (Å²) in [4.78, 5) is 38.2. The van der Waals surface area contributed by atoms with E-state index in [1.807, 2.05) is 6.08 Å². The molecule has 0 bridgehead atoms. The lowest BCUT2D eigenvalue weighted by molar-refractivity contribution is -0.166. The van der Waals surface area contributed by atoms with Crippen LogP contribution in [0.2, 0.25) is 0 Å². The molecular formula is C67H112O6. The van der Waals surface area contributed by atoms with Crippen LogP contribution in [0.3, 0.4) is 0 Å². The van der Waals surface area contributed by atoms with Gasteiger partial charge in [0.1, 0.15) is 13.2 Å². The molecule has 0 N–H and O–H groups in total. The maximum Gasteiger partial charge on any atom is 0.306 e. The molecule has 0 saturated carbocycles. The number of esters is 3. The van der Waals surface area contributed by atoms with Crippen molar-refractivity contribution < 1.29 is 28.6 Å². The van der Waals surface area contributed by atoms with E-state index in [0.717, 1.165) is 83.5 Å². The van der Waals surface area contributed by atoms with E-state index < -0.39 is 6.10 Å². The van der Waals surface area contributed by atoms with Gasteiger partial charge in [-0.1, -0.05) is 265 Å². The van der Waals surface area contributed by atoms with E-state index in [2.05, 4.69) is 124 Å². The molecule has 0 radical (unpaired) electrons. The predicted molar refractivity (Wildman–Crippen MR) is 316 cm³/mol. The Morgan fingerprint density at radius 3 is 0.877 bits per heavy atom. The molecule has 73 heavy (non-hydrogen) atoms. The van der Waals surface area contributed by atoms with Crippen molar-refractivity contribution in [3.05, 3.63) is 109 Å². The highest BCUT2D eigenvalue weighted by atomic mass is 16.6. The average molecular weight is 1010 g/mol. The van der Waals surface area contributed by atoms with Crippen LogP contribution in [0, 0.1) is 0 Å². The number of unbranched alkanes of at least 4 members (excludes halogenated alkanes) is 25. The fourth-order valence-corrected chi connectivity index (χ4v) is 8.17. The first kappa shape index (κ1) is 69.1. The molecule has 0 rings (SSSR count). The number of hydrogen-bond donors (Lipinski definition) is 0. The number of carbonyl (C=O) groups is 3. The van der Waals surface area contributed by atoms with E-state index >= 15 is 0 Å². The minimum atomic E-state index is -0.826. The third kappa shape index (κ3) is 58.8. The van der Waals surface area contributed by atoms with Crippen molar-refractivity contribution >= 4 is 17.9 Å². The van der Waals surface area contributed by atoms with E-state index in [4.69, 9.17) is 14.2 Å². The van der Waals surface area contributed by atoms with Crippen LogP contribution in [0.5, 0.6) is 0 Å².